The van der Waals surface area contributed by atoms with Crippen LogP contribution in [0.25, 0.3) is 11.4 Å². The van der Waals surface area contributed by atoms with E-state index >= 15 is 0 Å². The molecular weight excluding hydrogens is 300 g/mol. The topological polar surface area (TPSA) is 52.1 Å². The minimum atomic E-state index is -0.0932. The van der Waals surface area contributed by atoms with Crippen LogP contribution < -0.4 is 4.74 Å². The number of aryl methyl sites for hydroxylation is 2. The molecule has 1 aromatic carbocycles. The fourth-order valence-corrected chi connectivity index (χ4v) is 3.13. The third-order valence-electron chi connectivity index (χ3n) is 4.77. The number of aromatic nitrogens is 2. The van der Waals surface area contributed by atoms with E-state index in [-0.39, 0.29) is 11.9 Å². The van der Waals surface area contributed by atoms with E-state index in [9.17, 15) is 4.79 Å². The van der Waals surface area contributed by atoms with Crippen LogP contribution in [0, 0.1) is 25.7 Å². The van der Waals surface area contributed by atoms with E-state index in [4.69, 9.17) is 4.74 Å². The Hall–Kier alpha value is -2.23. The first kappa shape index (κ1) is 16.6. The molecule has 0 unspecified atom stereocenters. The van der Waals surface area contributed by atoms with Crippen LogP contribution in [0.4, 0.5) is 0 Å². The standard InChI is InChI=1S/C20H24N2O2/c1-13-4-6-16(7-5-13)20(23)24-18-9-8-17(10-15(18)3)19-21-11-14(2)12-22-19/h8-13,16H,4-7H2,1-3H3. The Morgan fingerprint density at radius 2 is 1.75 bits per heavy atom. The molecule has 1 saturated carbocycles. The van der Waals surface area contributed by atoms with E-state index in [1.807, 2.05) is 32.0 Å². The zero-order valence-corrected chi connectivity index (χ0v) is 14.6. The summed E-state index contributed by atoms with van der Waals surface area (Å²) in [5, 5.41) is 0. The number of esters is 1. The second-order valence-corrected chi connectivity index (χ2v) is 6.94. The van der Waals surface area contributed by atoms with Crippen LogP contribution in [0.3, 0.4) is 0 Å². The molecular formula is C20H24N2O2. The highest BCUT2D eigenvalue weighted by atomic mass is 16.5. The number of hydrogen-bond acceptors (Lipinski definition) is 4. The van der Waals surface area contributed by atoms with Crippen LogP contribution in [0.5, 0.6) is 5.75 Å². The van der Waals surface area contributed by atoms with E-state index < -0.39 is 0 Å². The van der Waals surface area contributed by atoms with Gasteiger partial charge in [-0.15, -0.1) is 0 Å². The maximum atomic E-state index is 12.4. The maximum Gasteiger partial charge on any atom is 0.314 e. The van der Waals surface area contributed by atoms with Gasteiger partial charge < -0.3 is 4.74 Å². The molecule has 0 bridgehead atoms. The fourth-order valence-electron chi connectivity index (χ4n) is 3.13. The maximum absolute atomic E-state index is 12.4. The summed E-state index contributed by atoms with van der Waals surface area (Å²) in [5.41, 5.74) is 2.89. The third kappa shape index (κ3) is 3.81. The van der Waals surface area contributed by atoms with Crippen molar-refractivity contribution in [3.8, 4) is 17.1 Å². The molecule has 24 heavy (non-hydrogen) atoms. The number of benzene rings is 1. The average molecular weight is 324 g/mol. The van der Waals surface area contributed by atoms with Crippen molar-refractivity contribution < 1.29 is 9.53 Å². The number of carbonyl (C=O) groups is 1. The van der Waals surface area contributed by atoms with Crippen LogP contribution in [-0.2, 0) is 4.79 Å². The second kappa shape index (κ2) is 7.12. The first-order valence-corrected chi connectivity index (χ1v) is 8.64. The van der Waals surface area contributed by atoms with Crippen LogP contribution >= 0.6 is 0 Å². The van der Waals surface area contributed by atoms with Gasteiger partial charge in [-0.05, 0) is 74.8 Å². The molecule has 1 aliphatic carbocycles. The largest absolute Gasteiger partial charge is 0.426 e. The highest BCUT2D eigenvalue weighted by molar-refractivity contribution is 5.76. The minimum Gasteiger partial charge on any atom is -0.426 e. The third-order valence-corrected chi connectivity index (χ3v) is 4.77. The van der Waals surface area contributed by atoms with Gasteiger partial charge in [-0.25, -0.2) is 9.97 Å². The van der Waals surface area contributed by atoms with Crippen molar-refractivity contribution in [2.45, 2.75) is 46.5 Å². The Morgan fingerprint density at radius 3 is 2.38 bits per heavy atom. The van der Waals surface area contributed by atoms with E-state index in [1.165, 1.54) is 0 Å². The monoisotopic (exact) mass is 324 g/mol. The number of rotatable bonds is 3. The number of hydrogen-bond donors (Lipinski definition) is 0. The Kier molecular flexibility index (Phi) is 4.93. The first-order chi connectivity index (χ1) is 11.5. The van der Waals surface area contributed by atoms with E-state index in [2.05, 4.69) is 16.9 Å². The van der Waals surface area contributed by atoms with E-state index in [0.29, 0.717) is 11.6 Å². The van der Waals surface area contributed by atoms with Gasteiger partial charge in [0.15, 0.2) is 5.82 Å². The van der Waals surface area contributed by atoms with E-state index in [1.54, 1.807) is 12.4 Å². The molecule has 1 aromatic heterocycles. The molecule has 1 fully saturated rings. The van der Waals surface area contributed by atoms with Crippen molar-refractivity contribution >= 4 is 5.97 Å². The van der Waals surface area contributed by atoms with Crippen molar-refractivity contribution in [3.63, 3.8) is 0 Å². The summed E-state index contributed by atoms with van der Waals surface area (Å²) >= 11 is 0. The Bertz CT molecular complexity index is 717. The number of carbonyl (C=O) groups excluding carboxylic acids is 1. The molecule has 1 heterocycles. The van der Waals surface area contributed by atoms with Gasteiger partial charge in [0.05, 0.1) is 5.92 Å². The van der Waals surface area contributed by atoms with Crippen LogP contribution in [0.2, 0.25) is 0 Å². The molecule has 1 aliphatic rings. The molecule has 2 aromatic rings. The quantitative estimate of drug-likeness (QED) is 0.616. The molecule has 3 rings (SSSR count). The SMILES string of the molecule is Cc1cnc(-c2ccc(OC(=O)C3CCC(C)CC3)c(C)c2)nc1. The van der Waals surface area contributed by atoms with Gasteiger partial charge in [0.1, 0.15) is 5.75 Å². The van der Waals surface area contributed by atoms with Crippen molar-refractivity contribution in [1.82, 2.24) is 9.97 Å². The highest BCUT2D eigenvalue weighted by Crippen LogP contribution is 2.31. The van der Waals surface area contributed by atoms with Gasteiger partial charge in [0, 0.05) is 18.0 Å². The molecule has 0 saturated heterocycles. The molecule has 4 heteroatoms. The van der Waals surface area contributed by atoms with Crippen LogP contribution in [0.15, 0.2) is 30.6 Å². The zero-order valence-electron chi connectivity index (χ0n) is 14.6. The zero-order chi connectivity index (χ0) is 17.1. The molecule has 0 N–H and O–H groups in total. The molecule has 4 nitrogen and oxygen atoms in total. The molecule has 0 radical (unpaired) electrons. The summed E-state index contributed by atoms with van der Waals surface area (Å²) in [5.74, 6) is 1.99. The summed E-state index contributed by atoms with van der Waals surface area (Å²) in [6.07, 6.45) is 7.71. The molecule has 0 aliphatic heterocycles. The van der Waals surface area contributed by atoms with Crippen molar-refractivity contribution in [1.29, 1.82) is 0 Å². The lowest BCUT2D eigenvalue weighted by molar-refractivity contribution is -0.140. The van der Waals surface area contributed by atoms with Gasteiger partial charge in [-0.3, -0.25) is 4.79 Å². The Morgan fingerprint density at radius 1 is 1.08 bits per heavy atom. The summed E-state index contributed by atoms with van der Waals surface area (Å²) in [7, 11) is 0. The Labute approximate surface area is 143 Å². The minimum absolute atomic E-state index is 0.0423. The smallest absolute Gasteiger partial charge is 0.314 e. The van der Waals surface area contributed by atoms with Gasteiger partial charge in [0.2, 0.25) is 0 Å². The first-order valence-electron chi connectivity index (χ1n) is 8.64. The lowest BCUT2D eigenvalue weighted by Crippen LogP contribution is -2.25. The van der Waals surface area contributed by atoms with Crippen molar-refractivity contribution in [2.24, 2.45) is 11.8 Å². The molecule has 126 valence electrons. The van der Waals surface area contributed by atoms with E-state index in [0.717, 1.165) is 48.3 Å². The summed E-state index contributed by atoms with van der Waals surface area (Å²) in [4.78, 5) is 21.1. The summed E-state index contributed by atoms with van der Waals surface area (Å²) < 4.78 is 5.65. The predicted molar refractivity (Wildman–Crippen MR) is 93.7 cm³/mol. The predicted octanol–water partition coefficient (Wildman–Crippen LogP) is 4.49. The van der Waals surface area contributed by atoms with Crippen molar-refractivity contribution in [3.05, 3.63) is 41.7 Å². The number of nitrogens with zero attached hydrogens (tertiary/aromatic N) is 2. The Balaban J connectivity index is 1.71. The lowest BCUT2D eigenvalue weighted by atomic mass is 9.83. The average Bonchev–Trinajstić information content (AvgIpc) is 2.58. The lowest BCUT2D eigenvalue weighted by Gasteiger charge is -2.24. The summed E-state index contributed by atoms with van der Waals surface area (Å²) in [6, 6.07) is 5.72. The van der Waals surface area contributed by atoms with Crippen LogP contribution in [0.1, 0.15) is 43.7 Å². The highest BCUT2D eigenvalue weighted by Gasteiger charge is 2.26. The normalized spacial score (nSPS) is 20.6. The summed E-state index contributed by atoms with van der Waals surface area (Å²) in [6.45, 7) is 6.16. The van der Waals surface area contributed by atoms with Gasteiger partial charge in [0.25, 0.3) is 0 Å². The van der Waals surface area contributed by atoms with Crippen LogP contribution in [-0.4, -0.2) is 15.9 Å². The van der Waals surface area contributed by atoms with Gasteiger partial charge >= 0.3 is 5.97 Å². The second-order valence-electron chi connectivity index (χ2n) is 6.94. The fraction of sp³-hybridized carbons (Fsp3) is 0.450. The number of ether oxygens (including phenoxy) is 1. The van der Waals surface area contributed by atoms with Crippen molar-refractivity contribution in [2.75, 3.05) is 0 Å². The van der Waals surface area contributed by atoms with Gasteiger partial charge in [-0.1, -0.05) is 6.92 Å². The molecule has 0 spiro atoms. The molecule has 0 atom stereocenters. The van der Waals surface area contributed by atoms with Gasteiger partial charge in [-0.2, -0.15) is 0 Å². The molecule has 0 amide bonds.